The van der Waals surface area contributed by atoms with Crippen molar-refractivity contribution in [1.29, 1.82) is 0 Å². The van der Waals surface area contributed by atoms with Gasteiger partial charge in [-0.05, 0) is 43.7 Å². The van der Waals surface area contributed by atoms with Crippen molar-refractivity contribution >= 4 is 11.8 Å². The predicted molar refractivity (Wildman–Crippen MR) is 109 cm³/mol. The van der Waals surface area contributed by atoms with Crippen molar-refractivity contribution in [2.24, 2.45) is 5.92 Å². The number of carbonyl (C=O) groups excluding carboxylic acids is 2. The molecule has 1 unspecified atom stereocenters. The van der Waals surface area contributed by atoms with Crippen LogP contribution in [0, 0.1) is 5.92 Å². The lowest BCUT2D eigenvalue weighted by Crippen LogP contribution is -2.63. The number of carbonyl (C=O) groups is 2. The fourth-order valence-electron chi connectivity index (χ4n) is 4.42. The van der Waals surface area contributed by atoms with Gasteiger partial charge in [-0.2, -0.15) is 0 Å². The number of benzene rings is 1. The largest absolute Gasteiger partial charge is 0.351 e. The smallest absolute Gasteiger partial charge is 0.255 e. The van der Waals surface area contributed by atoms with Crippen LogP contribution < -0.4 is 5.32 Å². The Morgan fingerprint density at radius 3 is 2.52 bits per heavy atom. The van der Waals surface area contributed by atoms with E-state index in [0.29, 0.717) is 18.9 Å². The van der Waals surface area contributed by atoms with E-state index < -0.39 is 5.54 Å². The minimum Gasteiger partial charge on any atom is -0.351 e. The Kier molecular flexibility index (Phi) is 6.23. The van der Waals surface area contributed by atoms with E-state index in [4.69, 9.17) is 0 Å². The summed E-state index contributed by atoms with van der Waals surface area (Å²) in [7, 11) is 0. The fraction of sp³-hybridized carbons (Fsp3) is 0.652. The third-order valence-electron chi connectivity index (χ3n) is 6.23. The van der Waals surface area contributed by atoms with E-state index >= 15 is 0 Å². The molecule has 0 aromatic heterocycles. The molecule has 1 N–H and O–H groups in total. The molecule has 3 rings (SSSR count). The minimum absolute atomic E-state index is 0.00369. The van der Waals surface area contributed by atoms with Gasteiger partial charge in [-0.25, -0.2) is 0 Å². The number of nitrogens with zero attached hydrogens (tertiary/aromatic N) is 1. The van der Waals surface area contributed by atoms with Gasteiger partial charge in [-0.3, -0.25) is 9.59 Å². The van der Waals surface area contributed by atoms with Crippen LogP contribution in [-0.4, -0.2) is 34.8 Å². The fourth-order valence-corrected chi connectivity index (χ4v) is 4.42. The van der Waals surface area contributed by atoms with E-state index in [2.05, 4.69) is 19.2 Å². The first kappa shape index (κ1) is 19.9. The van der Waals surface area contributed by atoms with Gasteiger partial charge in [0.25, 0.3) is 5.91 Å². The Hall–Kier alpha value is -1.84. The van der Waals surface area contributed by atoms with Crippen LogP contribution in [0.4, 0.5) is 0 Å². The Labute approximate surface area is 163 Å². The molecule has 2 amide bonds. The standard InChI is InChI=1S/C23H34N2O2/c1-17(2)14-15-25-21(26)20-13-9-8-10-18(20)16-23(25,3)22(27)24-19-11-6-4-5-7-12-19/h8-10,13,17,19H,4-7,11-12,14-16H2,1-3H3,(H,24,27). The van der Waals surface area contributed by atoms with Crippen molar-refractivity contribution in [2.45, 2.75) is 83.7 Å². The second-order valence-corrected chi connectivity index (χ2v) is 8.91. The molecule has 4 nitrogen and oxygen atoms in total. The van der Waals surface area contributed by atoms with Crippen LogP contribution in [-0.2, 0) is 11.2 Å². The molecule has 1 atom stereocenters. The van der Waals surface area contributed by atoms with Gasteiger partial charge < -0.3 is 10.2 Å². The van der Waals surface area contributed by atoms with Gasteiger partial charge in [0.15, 0.2) is 0 Å². The lowest BCUT2D eigenvalue weighted by atomic mass is 9.82. The van der Waals surface area contributed by atoms with Crippen LogP contribution >= 0.6 is 0 Å². The van der Waals surface area contributed by atoms with Gasteiger partial charge in [0, 0.05) is 24.6 Å². The van der Waals surface area contributed by atoms with Crippen LogP contribution in [0.2, 0.25) is 0 Å². The van der Waals surface area contributed by atoms with Crippen molar-refractivity contribution in [2.75, 3.05) is 6.54 Å². The Morgan fingerprint density at radius 2 is 1.85 bits per heavy atom. The molecule has 148 valence electrons. The maximum Gasteiger partial charge on any atom is 0.255 e. The van der Waals surface area contributed by atoms with Crippen LogP contribution in [0.5, 0.6) is 0 Å². The molecule has 2 aliphatic rings. The Morgan fingerprint density at radius 1 is 1.19 bits per heavy atom. The molecule has 1 aromatic carbocycles. The topological polar surface area (TPSA) is 49.4 Å². The lowest BCUT2D eigenvalue weighted by molar-refractivity contribution is -0.132. The first-order chi connectivity index (χ1) is 12.9. The molecule has 0 saturated heterocycles. The predicted octanol–water partition coefficient (Wildman–Crippen LogP) is 4.33. The van der Waals surface area contributed by atoms with Gasteiger partial charge in [-0.1, -0.05) is 57.7 Å². The Balaban J connectivity index is 1.85. The molecule has 1 fully saturated rings. The molecule has 1 heterocycles. The third-order valence-corrected chi connectivity index (χ3v) is 6.23. The lowest BCUT2D eigenvalue weighted by Gasteiger charge is -2.45. The van der Waals surface area contributed by atoms with E-state index in [1.165, 1.54) is 25.7 Å². The van der Waals surface area contributed by atoms with E-state index in [1.54, 1.807) is 0 Å². The van der Waals surface area contributed by atoms with Crippen LogP contribution in [0.1, 0.15) is 81.6 Å². The molecule has 0 spiro atoms. The second-order valence-electron chi connectivity index (χ2n) is 8.91. The quantitative estimate of drug-likeness (QED) is 0.784. The molecule has 27 heavy (non-hydrogen) atoms. The van der Waals surface area contributed by atoms with Crippen molar-refractivity contribution in [1.82, 2.24) is 10.2 Å². The summed E-state index contributed by atoms with van der Waals surface area (Å²) in [6.45, 7) is 6.89. The summed E-state index contributed by atoms with van der Waals surface area (Å²) in [5.74, 6) is 0.501. The first-order valence-corrected chi connectivity index (χ1v) is 10.6. The molecule has 0 radical (unpaired) electrons. The highest BCUT2D eigenvalue weighted by atomic mass is 16.2. The number of hydrogen-bond donors (Lipinski definition) is 1. The molecule has 0 bridgehead atoms. The van der Waals surface area contributed by atoms with Crippen molar-refractivity contribution in [3.05, 3.63) is 35.4 Å². The maximum atomic E-state index is 13.4. The van der Waals surface area contributed by atoms with Crippen molar-refractivity contribution in [3.63, 3.8) is 0 Å². The van der Waals surface area contributed by atoms with E-state index in [-0.39, 0.29) is 17.9 Å². The zero-order chi connectivity index (χ0) is 19.4. The highest BCUT2D eigenvalue weighted by Gasteiger charge is 2.46. The van der Waals surface area contributed by atoms with E-state index in [1.807, 2.05) is 36.1 Å². The monoisotopic (exact) mass is 370 g/mol. The molecule has 1 aliphatic carbocycles. The molecular weight excluding hydrogens is 336 g/mol. The van der Waals surface area contributed by atoms with Crippen LogP contribution in [0.25, 0.3) is 0 Å². The van der Waals surface area contributed by atoms with Gasteiger partial charge in [-0.15, -0.1) is 0 Å². The number of amides is 2. The maximum absolute atomic E-state index is 13.4. The van der Waals surface area contributed by atoms with Gasteiger partial charge in [0.1, 0.15) is 5.54 Å². The van der Waals surface area contributed by atoms with E-state index in [0.717, 1.165) is 30.4 Å². The minimum atomic E-state index is -0.813. The summed E-state index contributed by atoms with van der Waals surface area (Å²) >= 11 is 0. The summed E-state index contributed by atoms with van der Waals surface area (Å²) in [6, 6.07) is 7.99. The molecule has 1 aromatic rings. The third kappa shape index (κ3) is 4.36. The van der Waals surface area contributed by atoms with Crippen molar-refractivity contribution < 1.29 is 9.59 Å². The second kappa shape index (κ2) is 8.45. The highest BCUT2D eigenvalue weighted by molar-refractivity contribution is 6.02. The molecule has 1 aliphatic heterocycles. The van der Waals surface area contributed by atoms with Crippen LogP contribution in [0.15, 0.2) is 24.3 Å². The summed E-state index contributed by atoms with van der Waals surface area (Å²) < 4.78 is 0. The normalized spacial score (nSPS) is 23.9. The zero-order valence-electron chi connectivity index (χ0n) is 17.1. The molecular formula is C23H34N2O2. The summed E-state index contributed by atoms with van der Waals surface area (Å²) in [5, 5.41) is 3.31. The molecule has 4 heteroatoms. The van der Waals surface area contributed by atoms with Crippen LogP contribution in [0.3, 0.4) is 0 Å². The van der Waals surface area contributed by atoms with Gasteiger partial charge >= 0.3 is 0 Å². The molecule has 1 saturated carbocycles. The number of rotatable bonds is 5. The number of nitrogens with one attached hydrogen (secondary N) is 1. The number of hydrogen-bond acceptors (Lipinski definition) is 2. The van der Waals surface area contributed by atoms with Gasteiger partial charge in [0.05, 0.1) is 0 Å². The summed E-state index contributed by atoms with van der Waals surface area (Å²) in [6.07, 6.45) is 8.48. The van der Waals surface area contributed by atoms with Gasteiger partial charge in [0.2, 0.25) is 5.91 Å². The summed E-state index contributed by atoms with van der Waals surface area (Å²) in [5.41, 5.74) is 0.926. The first-order valence-electron chi connectivity index (χ1n) is 10.6. The highest BCUT2D eigenvalue weighted by Crippen LogP contribution is 2.32. The van der Waals surface area contributed by atoms with Crippen molar-refractivity contribution in [3.8, 4) is 0 Å². The number of fused-ring (bicyclic) bond motifs is 1. The average Bonchev–Trinajstić information content (AvgIpc) is 2.90. The van der Waals surface area contributed by atoms with E-state index in [9.17, 15) is 9.59 Å². The SMILES string of the molecule is CC(C)CCN1C(=O)c2ccccc2CC1(C)C(=O)NC1CCCCCC1. The Bertz CT molecular complexity index is 677. The zero-order valence-corrected chi connectivity index (χ0v) is 17.1. The summed E-state index contributed by atoms with van der Waals surface area (Å²) in [4.78, 5) is 28.5. The average molecular weight is 371 g/mol.